The first-order valence-corrected chi connectivity index (χ1v) is 7.00. The zero-order chi connectivity index (χ0) is 13.2. The van der Waals surface area contributed by atoms with Crippen LogP contribution in [-0.2, 0) is 9.53 Å². The average molecular weight is 280 g/mol. The van der Waals surface area contributed by atoms with Gasteiger partial charge in [-0.05, 0) is 18.6 Å². The van der Waals surface area contributed by atoms with Gasteiger partial charge in [-0.1, -0.05) is 23.9 Å². The topological polar surface area (TPSA) is 50.7 Å². The smallest absolute Gasteiger partial charge is 0.239 e. The van der Waals surface area contributed by atoms with Crippen molar-refractivity contribution in [3.8, 4) is 0 Å². The zero-order valence-electron chi connectivity index (χ0n) is 10.1. The molecular formula is C13H13FN2O2S. The molecule has 2 saturated heterocycles. The van der Waals surface area contributed by atoms with E-state index < -0.39 is 5.82 Å². The van der Waals surface area contributed by atoms with E-state index in [4.69, 9.17) is 4.74 Å². The zero-order valence-corrected chi connectivity index (χ0v) is 11.0. The molecule has 0 unspecified atom stereocenters. The lowest BCUT2D eigenvalue weighted by molar-refractivity contribution is -0.119. The van der Waals surface area contributed by atoms with Crippen LogP contribution in [0, 0.1) is 11.7 Å². The van der Waals surface area contributed by atoms with Crippen molar-refractivity contribution in [3.05, 3.63) is 30.1 Å². The maximum atomic E-state index is 13.5. The van der Waals surface area contributed by atoms with Gasteiger partial charge in [-0.2, -0.15) is 0 Å². The van der Waals surface area contributed by atoms with Gasteiger partial charge < -0.3 is 10.1 Å². The number of hydrogen-bond donors (Lipinski definition) is 1. The highest BCUT2D eigenvalue weighted by Gasteiger charge is 2.38. The average Bonchev–Trinajstić information content (AvgIpc) is 3.01. The normalized spacial score (nSPS) is 28.9. The van der Waals surface area contributed by atoms with E-state index >= 15 is 0 Å². The predicted octanol–water partition coefficient (Wildman–Crippen LogP) is 2.08. The largest absolute Gasteiger partial charge is 0.381 e. The minimum Gasteiger partial charge on any atom is -0.381 e. The lowest BCUT2D eigenvalue weighted by Gasteiger charge is -2.10. The molecule has 2 atom stereocenters. The number of amides is 1. The Morgan fingerprint density at radius 2 is 2.26 bits per heavy atom. The summed E-state index contributed by atoms with van der Waals surface area (Å²) in [6, 6.07) is 6.26. The van der Waals surface area contributed by atoms with E-state index in [1.807, 2.05) is 0 Å². The van der Waals surface area contributed by atoms with Crippen LogP contribution in [0.25, 0.3) is 0 Å². The number of carbonyl (C=O) groups is 1. The summed E-state index contributed by atoms with van der Waals surface area (Å²) < 4.78 is 18.8. The summed E-state index contributed by atoms with van der Waals surface area (Å²) >= 11 is 1.36. The lowest BCUT2D eigenvalue weighted by atomic mass is 10.0. The predicted molar refractivity (Wildman–Crippen MR) is 71.9 cm³/mol. The highest BCUT2D eigenvalue weighted by atomic mass is 32.2. The number of benzene rings is 1. The van der Waals surface area contributed by atoms with Gasteiger partial charge in [-0.3, -0.25) is 4.79 Å². The molecular weight excluding hydrogens is 267 g/mol. The molecule has 0 aromatic heterocycles. The van der Waals surface area contributed by atoms with Gasteiger partial charge in [-0.25, -0.2) is 9.38 Å². The Bertz CT molecular complexity index is 529. The van der Waals surface area contributed by atoms with E-state index in [-0.39, 0.29) is 22.8 Å². The molecule has 100 valence electrons. The quantitative estimate of drug-likeness (QED) is 0.902. The van der Waals surface area contributed by atoms with E-state index in [9.17, 15) is 9.18 Å². The standard InChI is InChI=1S/C13H13FN2O2S/c14-9-3-1-2-4-10(9)15-13-16-12(17)11(19-13)8-5-6-18-7-8/h1-4,8,11H,5-7H2,(H,15,16,17)/t8-,11-/m1/s1. The molecule has 0 radical (unpaired) electrons. The molecule has 2 heterocycles. The first-order chi connectivity index (χ1) is 9.24. The number of thioether (sulfide) groups is 1. The SMILES string of the molecule is O=C1NC(=Nc2ccccc2F)S[C@@H]1[C@@H]1CCOC1. The number of rotatable bonds is 2. The number of hydrogen-bond acceptors (Lipinski definition) is 4. The van der Waals surface area contributed by atoms with Crippen LogP contribution in [0.1, 0.15) is 6.42 Å². The Labute approximate surface area is 114 Å². The minimum atomic E-state index is -0.391. The van der Waals surface area contributed by atoms with Crippen LogP contribution in [-0.4, -0.2) is 29.5 Å². The third-order valence-electron chi connectivity index (χ3n) is 3.19. The van der Waals surface area contributed by atoms with Crippen molar-refractivity contribution in [2.45, 2.75) is 11.7 Å². The number of aliphatic imine (C=N–C) groups is 1. The third-order valence-corrected chi connectivity index (χ3v) is 4.46. The minimum absolute atomic E-state index is 0.0596. The molecule has 2 aliphatic rings. The van der Waals surface area contributed by atoms with Crippen LogP contribution < -0.4 is 5.32 Å². The Morgan fingerprint density at radius 1 is 1.42 bits per heavy atom. The summed E-state index contributed by atoms with van der Waals surface area (Å²) in [6.45, 7) is 1.31. The molecule has 2 aliphatic heterocycles. The van der Waals surface area contributed by atoms with E-state index in [0.717, 1.165) is 6.42 Å². The second-order valence-corrected chi connectivity index (χ2v) is 5.65. The van der Waals surface area contributed by atoms with Crippen molar-refractivity contribution in [3.63, 3.8) is 0 Å². The summed E-state index contributed by atoms with van der Waals surface area (Å²) in [4.78, 5) is 16.0. The third kappa shape index (κ3) is 2.64. The van der Waals surface area contributed by atoms with Gasteiger partial charge >= 0.3 is 0 Å². The molecule has 0 saturated carbocycles. The van der Waals surface area contributed by atoms with Crippen LogP contribution in [0.2, 0.25) is 0 Å². The Morgan fingerprint density at radius 3 is 3.00 bits per heavy atom. The molecule has 0 aliphatic carbocycles. The van der Waals surface area contributed by atoms with Gasteiger partial charge in [0.2, 0.25) is 5.91 Å². The van der Waals surface area contributed by atoms with Gasteiger partial charge in [0, 0.05) is 12.5 Å². The molecule has 1 N–H and O–H groups in total. The summed E-state index contributed by atoms with van der Waals surface area (Å²) in [6.07, 6.45) is 0.887. The summed E-state index contributed by atoms with van der Waals surface area (Å²) in [5.41, 5.74) is 0.244. The fourth-order valence-corrected chi connectivity index (χ4v) is 3.31. The molecule has 1 aromatic carbocycles. The fraction of sp³-hybridized carbons (Fsp3) is 0.385. The number of para-hydroxylation sites is 1. The van der Waals surface area contributed by atoms with Gasteiger partial charge in [-0.15, -0.1) is 0 Å². The van der Waals surface area contributed by atoms with E-state index in [1.54, 1.807) is 18.2 Å². The lowest BCUT2D eigenvalue weighted by Crippen LogP contribution is -2.30. The van der Waals surface area contributed by atoms with E-state index in [0.29, 0.717) is 18.4 Å². The molecule has 0 spiro atoms. The molecule has 2 fully saturated rings. The van der Waals surface area contributed by atoms with Crippen LogP contribution in [0.3, 0.4) is 0 Å². The van der Waals surface area contributed by atoms with Crippen molar-refractivity contribution in [1.82, 2.24) is 5.32 Å². The number of amidine groups is 1. The Balaban J connectivity index is 1.77. The van der Waals surface area contributed by atoms with Crippen molar-refractivity contribution in [1.29, 1.82) is 0 Å². The highest BCUT2D eigenvalue weighted by molar-refractivity contribution is 8.15. The monoisotopic (exact) mass is 280 g/mol. The molecule has 19 heavy (non-hydrogen) atoms. The highest BCUT2D eigenvalue weighted by Crippen LogP contribution is 2.32. The van der Waals surface area contributed by atoms with Crippen LogP contribution in [0.15, 0.2) is 29.3 Å². The van der Waals surface area contributed by atoms with Crippen molar-refractivity contribution in [2.24, 2.45) is 10.9 Å². The van der Waals surface area contributed by atoms with Crippen molar-refractivity contribution >= 4 is 28.5 Å². The maximum absolute atomic E-state index is 13.5. The second kappa shape index (κ2) is 5.30. The van der Waals surface area contributed by atoms with Gasteiger partial charge in [0.25, 0.3) is 0 Å². The number of nitrogens with zero attached hydrogens (tertiary/aromatic N) is 1. The molecule has 3 rings (SSSR count). The Hall–Kier alpha value is -1.40. The second-order valence-electron chi connectivity index (χ2n) is 4.52. The first-order valence-electron chi connectivity index (χ1n) is 6.12. The maximum Gasteiger partial charge on any atom is 0.239 e. The van der Waals surface area contributed by atoms with Gasteiger partial charge in [0.05, 0.1) is 11.9 Å². The van der Waals surface area contributed by atoms with Crippen molar-refractivity contribution < 1.29 is 13.9 Å². The molecule has 1 aromatic rings. The van der Waals surface area contributed by atoms with Crippen molar-refractivity contribution in [2.75, 3.05) is 13.2 Å². The summed E-state index contributed by atoms with van der Waals surface area (Å²) in [5, 5.41) is 3.00. The Kier molecular flexibility index (Phi) is 3.52. The first kappa shape index (κ1) is 12.6. The van der Waals surface area contributed by atoms with Gasteiger partial charge in [0.15, 0.2) is 5.17 Å². The van der Waals surface area contributed by atoms with Crippen LogP contribution in [0.4, 0.5) is 10.1 Å². The molecule has 6 heteroatoms. The van der Waals surface area contributed by atoms with Crippen LogP contribution in [0.5, 0.6) is 0 Å². The number of carbonyl (C=O) groups excluding carboxylic acids is 1. The number of ether oxygens (including phenoxy) is 1. The number of nitrogens with one attached hydrogen (secondary N) is 1. The molecule has 4 nitrogen and oxygen atoms in total. The summed E-state index contributed by atoms with van der Waals surface area (Å²) in [7, 11) is 0. The number of halogens is 1. The van der Waals surface area contributed by atoms with E-state index in [2.05, 4.69) is 10.3 Å². The van der Waals surface area contributed by atoms with Crippen LogP contribution >= 0.6 is 11.8 Å². The molecule has 1 amide bonds. The van der Waals surface area contributed by atoms with Gasteiger partial charge in [0.1, 0.15) is 11.5 Å². The van der Waals surface area contributed by atoms with E-state index in [1.165, 1.54) is 17.8 Å². The molecule has 0 bridgehead atoms. The summed E-state index contributed by atoms with van der Waals surface area (Å²) in [5.74, 6) is -0.230. The fourth-order valence-electron chi connectivity index (χ4n) is 2.19.